The number of aryl methyl sites for hydroxylation is 1. The van der Waals surface area contributed by atoms with Crippen LogP contribution >= 0.6 is 0 Å². The third-order valence-corrected chi connectivity index (χ3v) is 10.1. The van der Waals surface area contributed by atoms with E-state index >= 15 is 0 Å². The van der Waals surface area contributed by atoms with Gasteiger partial charge in [-0.2, -0.15) is 31.4 Å². The topological polar surface area (TPSA) is 156 Å². The van der Waals surface area contributed by atoms with E-state index in [1.807, 2.05) is 0 Å². The van der Waals surface area contributed by atoms with Crippen molar-refractivity contribution in [2.24, 2.45) is 10.7 Å². The van der Waals surface area contributed by atoms with Crippen LogP contribution in [0, 0.1) is 0 Å². The zero-order valence-corrected chi connectivity index (χ0v) is 30.3. The number of aromatic nitrogens is 5. The third-order valence-electron chi connectivity index (χ3n) is 10.1. The molecule has 0 bridgehead atoms. The maximum atomic E-state index is 14.2. The Bertz CT molecular complexity index is 2970. The quantitative estimate of drug-likeness (QED) is 0.182. The van der Waals surface area contributed by atoms with Gasteiger partial charge in [0.1, 0.15) is 28.6 Å². The van der Waals surface area contributed by atoms with Gasteiger partial charge >= 0.3 is 18.3 Å². The monoisotopic (exact) mass is 807 g/mol. The van der Waals surface area contributed by atoms with Gasteiger partial charge in [-0.1, -0.05) is 30.3 Å². The molecule has 0 amide bonds. The number of carbonyl (C=O) groups excluding carboxylic acids is 1. The normalized spacial score (nSPS) is 16.4. The summed E-state index contributed by atoms with van der Waals surface area (Å²) in [5.74, 6) is -1.77. The number of halogens is 6. The summed E-state index contributed by atoms with van der Waals surface area (Å²) in [6, 6.07) is 18.7. The van der Waals surface area contributed by atoms with Crippen molar-refractivity contribution in [3.8, 4) is 17.1 Å². The Labute approximate surface area is 328 Å². The van der Waals surface area contributed by atoms with Gasteiger partial charge in [-0.15, -0.1) is 0 Å². The predicted molar refractivity (Wildman–Crippen MR) is 204 cm³/mol. The number of alkyl halides is 6. The van der Waals surface area contributed by atoms with Crippen molar-refractivity contribution in [3.05, 3.63) is 130 Å². The fraction of sp³-hybridized carbons (Fsp3) is 0.146. The number of rotatable bonds is 5. The van der Waals surface area contributed by atoms with Crippen molar-refractivity contribution in [1.82, 2.24) is 24.7 Å². The van der Waals surface area contributed by atoms with E-state index in [0.717, 1.165) is 17.7 Å². The van der Waals surface area contributed by atoms with E-state index in [9.17, 15) is 41.0 Å². The van der Waals surface area contributed by atoms with Crippen LogP contribution in [-0.4, -0.2) is 47.3 Å². The molecule has 0 spiro atoms. The molecule has 0 fully saturated rings. The first-order valence-electron chi connectivity index (χ1n) is 18.0. The number of fused-ring (bicyclic) bond motifs is 3. The van der Waals surface area contributed by atoms with E-state index in [1.54, 1.807) is 48.7 Å². The first-order chi connectivity index (χ1) is 28.1. The van der Waals surface area contributed by atoms with Gasteiger partial charge in [0.25, 0.3) is 0 Å². The molecule has 59 heavy (non-hydrogen) atoms. The molecule has 6 aromatic rings. The molecule has 9 rings (SSSR count). The predicted octanol–water partition coefficient (Wildman–Crippen LogP) is 6.63. The molecule has 296 valence electrons. The highest BCUT2D eigenvalue weighted by molar-refractivity contribution is 6.38. The van der Waals surface area contributed by atoms with Crippen LogP contribution in [0.5, 0.6) is 0 Å². The van der Waals surface area contributed by atoms with Crippen LogP contribution in [0.1, 0.15) is 46.7 Å². The summed E-state index contributed by atoms with van der Waals surface area (Å²) in [4.78, 5) is 41.3. The van der Waals surface area contributed by atoms with Crippen molar-refractivity contribution in [1.29, 1.82) is 0 Å². The molecule has 2 aromatic carbocycles. The van der Waals surface area contributed by atoms with Gasteiger partial charge in [-0.3, -0.25) is 9.80 Å². The Kier molecular flexibility index (Phi) is 8.60. The molecule has 0 atom stereocenters. The molecule has 12 nitrogen and oxygen atoms in total. The van der Waals surface area contributed by atoms with Crippen molar-refractivity contribution in [3.63, 3.8) is 0 Å². The summed E-state index contributed by atoms with van der Waals surface area (Å²) in [6.45, 7) is 0. The number of hydrazine groups is 1. The molecule has 6 heterocycles. The van der Waals surface area contributed by atoms with Crippen LogP contribution in [0.25, 0.3) is 39.8 Å². The minimum Gasteiger partial charge on any atom is -0.477 e. The number of carbonyl (C=O) groups is 2. The standard InChI is InChI=1S/C41H27F6N9O3/c42-40(43,44)33-6-2-8-36(52-33)55-31-17-25(27-13-12-21-4-1-5-32(57)38(21)51-27)16-30(26(31)19-49-55)54-20-23-11-10-22(24-14-28(39(58)59)50-35(48)18-24)15-29(23)56(54)37-9-3-7-34(53-37)41(45,46)47/h2-3,6-13,15-20H,1,4-5,14,48H2,(H,58,59). The highest BCUT2D eigenvalue weighted by Crippen LogP contribution is 2.40. The lowest BCUT2D eigenvalue weighted by Gasteiger charge is -2.32. The number of carboxylic acid groups (broad SMARTS) is 1. The van der Waals surface area contributed by atoms with Gasteiger partial charge in [0, 0.05) is 35.2 Å². The summed E-state index contributed by atoms with van der Waals surface area (Å²) in [6.07, 6.45) is -3.47. The number of benzene rings is 2. The smallest absolute Gasteiger partial charge is 0.433 e. The number of aliphatic carboxylic acids is 1. The molecule has 0 radical (unpaired) electrons. The van der Waals surface area contributed by atoms with Gasteiger partial charge in [0.15, 0.2) is 17.4 Å². The lowest BCUT2D eigenvalue weighted by Crippen LogP contribution is -2.33. The van der Waals surface area contributed by atoms with Crippen LogP contribution in [0.4, 0.5) is 43.5 Å². The average Bonchev–Trinajstić information content (AvgIpc) is 3.82. The van der Waals surface area contributed by atoms with E-state index < -0.39 is 29.7 Å². The average molecular weight is 808 g/mol. The summed E-state index contributed by atoms with van der Waals surface area (Å²) in [5.41, 5.74) is 6.66. The number of nitrogens with two attached hydrogens (primary N) is 1. The largest absolute Gasteiger partial charge is 0.477 e. The molecular formula is C41H27F6N9O3. The second-order valence-corrected chi connectivity index (χ2v) is 13.9. The molecular weight excluding hydrogens is 780 g/mol. The number of allylic oxidation sites excluding steroid dienone is 1. The molecule has 0 saturated heterocycles. The second kappa shape index (κ2) is 13.6. The number of anilines is 3. The fourth-order valence-electron chi connectivity index (χ4n) is 7.38. The Hall–Kier alpha value is -7.37. The summed E-state index contributed by atoms with van der Waals surface area (Å²) in [5, 5.41) is 18.4. The Balaban J connectivity index is 1.29. The molecule has 0 saturated carbocycles. The molecule has 2 aliphatic heterocycles. The van der Waals surface area contributed by atoms with E-state index in [0.29, 0.717) is 69.0 Å². The van der Waals surface area contributed by atoms with Gasteiger partial charge < -0.3 is 10.8 Å². The van der Waals surface area contributed by atoms with E-state index in [4.69, 9.17) is 10.7 Å². The zero-order chi connectivity index (χ0) is 41.4. The number of Topliss-reactive ketones (excluding diaryl/α,β-unsaturated/α-hetero) is 1. The van der Waals surface area contributed by atoms with Gasteiger partial charge in [-0.05, 0) is 83.8 Å². The van der Waals surface area contributed by atoms with Crippen molar-refractivity contribution in [2.75, 3.05) is 10.0 Å². The van der Waals surface area contributed by atoms with E-state index in [2.05, 4.69) is 20.1 Å². The number of aliphatic imine (C=N–C) groups is 1. The summed E-state index contributed by atoms with van der Waals surface area (Å²) < 4.78 is 85.3. The summed E-state index contributed by atoms with van der Waals surface area (Å²) in [7, 11) is 0. The molecule has 1 aliphatic carbocycles. The molecule has 4 aromatic heterocycles. The highest BCUT2D eigenvalue weighted by atomic mass is 19.4. The number of ketones is 1. The molecule has 0 unspecified atom stereocenters. The van der Waals surface area contributed by atoms with Crippen molar-refractivity contribution in [2.45, 2.75) is 38.0 Å². The molecule has 3 N–H and O–H groups in total. The first kappa shape index (κ1) is 37.2. The number of pyridine rings is 3. The fourth-order valence-corrected chi connectivity index (χ4v) is 7.38. The minimum atomic E-state index is -4.82. The zero-order valence-electron chi connectivity index (χ0n) is 30.3. The maximum Gasteiger partial charge on any atom is 0.433 e. The number of hydrogen-bond acceptors (Lipinski definition) is 10. The van der Waals surface area contributed by atoms with Crippen molar-refractivity contribution >= 4 is 57.3 Å². The highest BCUT2D eigenvalue weighted by Gasteiger charge is 2.36. The first-order valence-corrected chi connectivity index (χ1v) is 18.0. The Morgan fingerprint density at radius 1 is 0.814 bits per heavy atom. The lowest BCUT2D eigenvalue weighted by atomic mass is 9.94. The SMILES string of the molecule is NC1=CC(=c2ccc3c(c2)N(c2cccc(C(F)(F)F)n2)N(c2cc(-c4ccc5c(n4)C(=O)CCC5)cc4c2cnn4-c2cccc(C(F)(F)F)n2)C=3)CC(C(=O)O)=N1. The van der Waals surface area contributed by atoms with Gasteiger partial charge in [-0.25, -0.2) is 34.4 Å². The maximum absolute atomic E-state index is 14.2. The van der Waals surface area contributed by atoms with Gasteiger partial charge in [0.05, 0.1) is 28.8 Å². The number of nitrogens with zero attached hydrogens (tertiary/aromatic N) is 8. The Morgan fingerprint density at radius 3 is 2.27 bits per heavy atom. The summed E-state index contributed by atoms with van der Waals surface area (Å²) >= 11 is 0. The molecule has 18 heteroatoms. The Morgan fingerprint density at radius 2 is 1.54 bits per heavy atom. The lowest BCUT2D eigenvalue weighted by molar-refractivity contribution is -0.141. The molecule has 3 aliphatic rings. The van der Waals surface area contributed by atoms with Crippen LogP contribution in [0.15, 0.2) is 102 Å². The van der Waals surface area contributed by atoms with E-state index in [-0.39, 0.29) is 40.9 Å². The number of hydrogen-bond donors (Lipinski definition) is 2. The van der Waals surface area contributed by atoms with Crippen LogP contribution in [-0.2, 0) is 23.6 Å². The number of carboxylic acids is 1. The van der Waals surface area contributed by atoms with Crippen LogP contribution in [0.3, 0.4) is 0 Å². The van der Waals surface area contributed by atoms with Gasteiger partial charge in [0.2, 0.25) is 0 Å². The third kappa shape index (κ3) is 6.71. The van der Waals surface area contributed by atoms with Crippen LogP contribution < -0.4 is 26.2 Å². The van der Waals surface area contributed by atoms with Crippen LogP contribution in [0.2, 0.25) is 0 Å². The van der Waals surface area contributed by atoms with Crippen molar-refractivity contribution < 1.29 is 41.0 Å². The minimum absolute atomic E-state index is 0.0438. The van der Waals surface area contributed by atoms with E-state index in [1.165, 1.54) is 51.2 Å². The second-order valence-electron chi connectivity index (χ2n) is 13.9.